The third kappa shape index (κ3) is 11.2. The fourth-order valence-corrected chi connectivity index (χ4v) is 0.734. The molecular formula is C10H17BrNO2+. The van der Waals surface area contributed by atoms with Gasteiger partial charge in [0, 0.05) is 6.08 Å². The van der Waals surface area contributed by atoms with Gasteiger partial charge in [0.2, 0.25) is 0 Å². The van der Waals surface area contributed by atoms with Gasteiger partial charge >= 0.3 is 5.97 Å². The molecule has 0 aromatic heterocycles. The standard InChI is InChI=1S/C10H13BrO2.H3N/c1-2-3-9-13-10(12)7-5-4-6-8-11;/h5,7H,2-3,8-9H2,1H3;1H3/p+1/b7-5+;. The molecule has 0 aromatic carbocycles. The van der Waals surface area contributed by atoms with E-state index >= 15 is 0 Å². The molecule has 0 radical (unpaired) electrons. The maximum atomic E-state index is 10.9. The summed E-state index contributed by atoms with van der Waals surface area (Å²) in [6.45, 7) is 2.54. The fourth-order valence-electron chi connectivity index (χ4n) is 0.572. The first kappa shape index (κ1) is 15.7. The first-order valence-electron chi connectivity index (χ1n) is 4.19. The molecule has 0 aromatic rings. The highest BCUT2D eigenvalue weighted by Gasteiger charge is 1.93. The van der Waals surface area contributed by atoms with E-state index in [1.165, 1.54) is 12.2 Å². The Labute approximate surface area is 93.6 Å². The van der Waals surface area contributed by atoms with E-state index < -0.39 is 0 Å². The number of carbonyl (C=O) groups excluding carboxylic acids is 1. The number of hydrogen-bond acceptors (Lipinski definition) is 2. The minimum atomic E-state index is -0.322. The third-order valence-corrected chi connectivity index (χ3v) is 1.49. The van der Waals surface area contributed by atoms with Crippen molar-refractivity contribution in [3.63, 3.8) is 0 Å². The average Bonchev–Trinajstić information content (AvgIpc) is 2.13. The molecule has 14 heavy (non-hydrogen) atoms. The lowest BCUT2D eigenvalue weighted by Gasteiger charge is -1.97. The van der Waals surface area contributed by atoms with Crippen molar-refractivity contribution in [2.75, 3.05) is 11.9 Å². The summed E-state index contributed by atoms with van der Waals surface area (Å²) < 4.78 is 4.86. The number of quaternary nitrogens is 1. The molecule has 0 saturated carbocycles. The molecule has 0 aliphatic rings. The maximum absolute atomic E-state index is 10.9. The number of hydrogen-bond donors (Lipinski definition) is 1. The van der Waals surface area contributed by atoms with Gasteiger partial charge in [-0.1, -0.05) is 41.1 Å². The summed E-state index contributed by atoms with van der Waals surface area (Å²) in [5.41, 5.74) is 0. The summed E-state index contributed by atoms with van der Waals surface area (Å²) in [6, 6.07) is 0. The van der Waals surface area contributed by atoms with Crippen molar-refractivity contribution < 1.29 is 9.53 Å². The van der Waals surface area contributed by atoms with Crippen LogP contribution in [0.4, 0.5) is 0 Å². The topological polar surface area (TPSA) is 62.8 Å². The number of ether oxygens (including phenoxy) is 1. The molecule has 0 atom stereocenters. The van der Waals surface area contributed by atoms with E-state index in [-0.39, 0.29) is 12.1 Å². The molecule has 0 spiro atoms. The van der Waals surface area contributed by atoms with Crippen LogP contribution in [0.1, 0.15) is 19.8 Å². The minimum absolute atomic E-state index is 0. The number of alkyl halides is 1. The molecule has 0 fully saturated rings. The Morgan fingerprint density at radius 2 is 2.29 bits per heavy atom. The van der Waals surface area contributed by atoms with Gasteiger partial charge in [-0.2, -0.15) is 0 Å². The quantitative estimate of drug-likeness (QED) is 0.278. The van der Waals surface area contributed by atoms with Crippen LogP contribution in [0, 0.1) is 11.8 Å². The Morgan fingerprint density at radius 3 is 2.86 bits per heavy atom. The first-order chi connectivity index (χ1) is 6.31. The second kappa shape index (κ2) is 12.2. The summed E-state index contributed by atoms with van der Waals surface area (Å²) in [4.78, 5) is 10.9. The summed E-state index contributed by atoms with van der Waals surface area (Å²) in [5, 5.41) is 0.613. The molecule has 4 heteroatoms. The van der Waals surface area contributed by atoms with Crippen LogP contribution < -0.4 is 6.15 Å². The molecule has 0 rings (SSSR count). The van der Waals surface area contributed by atoms with Gasteiger partial charge in [-0.05, 0) is 12.5 Å². The fraction of sp³-hybridized carbons (Fsp3) is 0.500. The predicted molar refractivity (Wildman–Crippen MR) is 62.6 cm³/mol. The maximum Gasteiger partial charge on any atom is 0.331 e. The molecule has 0 heterocycles. The Bertz CT molecular complexity index is 228. The van der Waals surface area contributed by atoms with Gasteiger partial charge in [0.15, 0.2) is 0 Å². The number of carbonyl (C=O) groups is 1. The lowest BCUT2D eigenvalue weighted by Crippen LogP contribution is -2.01. The first-order valence-corrected chi connectivity index (χ1v) is 5.31. The van der Waals surface area contributed by atoms with Crippen molar-refractivity contribution in [2.24, 2.45) is 0 Å². The van der Waals surface area contributed by atoms with Crippen LogP contribution in [-0.2, 0) is 9.53 Å². The molecule has 4 N–H and O–H groups in total. The molecule has 80 valence electrons. The van der Waals surface area contributed by atoms with Crippen LogP contribution in [0.2, 0.25) is 0 Å². The predicted octanol–water partition coefficient (Wildman–Crippen LogP) is 2.66. The molecule has 0 amide bonds. The number of allylic oxidation sites excluding steroid dienone is 1. The molecule has 0 unspecified atom stereocenters. The van der Waals surface area contributed by atoms with Crippen LogP contribution in [-0.4, -0.2) is 17.9 Å². The third-order valence-electron chi connectivity index (χ3n) is 1.21. The van der Waals surface area contributed by atoms with E-state index in [4.69, 9.17) is 4.74 Å². The number of esters is 1. The van der Waals surface area contributed by atoms with Crippen LogP contribution in [0.15, 0.2) is 12.2 Å². The zero-order valence-corrected chi connectivity index (χ0v) is 10.3. The Morgan fingerprint density at radius 1 is 1.57 bits per heavy atom. The largest absolute Gasteiger partial charge is 0.463 e. The van der Waals surface area contributed by atoms with Gasteiger partial charge in [-0.3, -0.25) is 0 Å². The van der Waals surface area contributed by atoms with Gasteiger partial charge in [-0.15, -0.1) is 0 Å². The van der Waals surface area contributed by atoms with E-state index in [1.54, 1.807) is 0 Å². The van der Waals surface area contributed by atoms with Crippen molar-refractivity contribution in [3.05, 3.63) is 12.2 Å². The van der Waals surface area contributed by atoms with Gasteiger partial charge in [0.05, 0.1) is 11.9 Å². The van der Waals surface area contributed by atoms with Crippen molar-refractivity contribution in [3.8, 4) is 11.8 Å². The number of halogens is 1. The Hall–Kier alpha value is -0.790. The molecule has 3 nitrogen and oxygen atoms in total. The van der Waals surface area contributed by atoms with Gasteiger partial charge < -0.3 is 10.9 Å². The average molecular weight is 263 g/mol. The second-order valence-electron chi connectivity index (χ2n) is 2.31. The smallest absolute Gasteiger partial charge is 0.331 e. The molecule has 0 aliphatic carbocycles. The van der Waals surface area contributed by atoms with Gasteiger partial charge in [0.1, 0.15) is 0 Å². The van der Waals surface area contributed by atoms with E-state index in [2.05, 4.69) is 27.8 Å². The van der Waals surface area contributed by atoms with Crippen molar-refractivity contribution in [2.45, 2.75) is 19.8 Å². The Balaban J connectivity index is 0. The summed E-state index contributed by atoms with van der Waals surface area (Å²) >= 11 is 3.14. The zero-order chi connectivity index (χ0) is 9.94. The van der Waals surface area contributed by atoms with Crippen molar-refractivity contribution in [1.29, 1.82) is 0 Å². The van der Waals surface area contributed by atoms with Crippen LogP contribution >= 0.6 is 15.9 Å². The summed E-state index contributed by atoms with van der Waals surface area (Å²) in [7, 11) is 0. The van der Waals surface area contributed by atoms with Gasteiger partial charge in [0.25, 0.3) is 0 Å². The minimum Gasteiger partial charge on any atom is -0.463 e. The van der Waals surface area contributed by atoms with Crippen LogP contribution in [0.5, 0.6) is 0 Å². The summed E-state index contributed by atoms with van der Waals surface area (Å²) in [5.74, 6) is 5.10. The lowest BCUT2D eigenvalue weighted by atomic mass is 10.4. The van der Waals surface area contributed by atoms with Gasteiger partial charge in [-0.25, -0.2) is 4.79 Å². The van der Waals surface area contributed by atoms with Crippen LogP contribution in [0.3, 0.4) is 0 Å². The highest BCUT2D eigenvalue weighted by Crippen LogP contribution is 1.89. The molecule has 0 saturated heterocycles. The highest BCUT2D eigenvalue weighted by molar-refractivity contribution is 9.09. The second-order valence-corrected chi connectivity index (χ2v) is 2.87. The van der Waals surface area contributed by atoms with Crippen molar-refractivity contribution in [1.82, 2.24) is 6.15 Å². The SMILES string of the molecule is CCCCOC(=O)/C=C/C#CCBr.[NH4+]. The summed E-state index contributed by atoms with van der Waals surface area (Å²) in [6.07, 6.45) is 4.77. The highest BCUT2D eigenvalue weighted by atomic mass is 79.9. The van der Waals surface area contributed by atoms with E-state index in [0.717, 1.165) is 12.8 Å². The molecule has 0 bridgehead atoms. The zero-order valence-electron chi connectivity index (χ0n) is 8.68. The monoisotopic (exact) mass is 262 g/mol. The Kier molecular flexibility index (Phi) is 13.7. The van der Waals surface area contributed by atoms with E-state index in [1.807, 2.05) is 6.92 Å². The van der Waals surface area contributed by atoms with Crippen LogP contribution in [0.25, 0.3) is 0 Å². The number of rotatable bonds is 4. The van der Waals surface area contributed by atoms with Crippen molar-refractivity contribution >= 4 is 21.9 Å². The van der Waals surface area contributed by atoms with E-state index in [0.29, 0.717) is 11.9 Å². The number of unbranched alkanes of at least 4 members (excludes halogenated alkanes) is 1. The lowest BCUT2D eigenvalue weighted by molar-refractivity contribution is -0.137. The normalized spacial score (nSPS) is 8.71. The molecule has 0 aliphatic heterocycles. The van der Waals surface area contributed by atoms with E-state index in [9.17, 15) is 4.79 Å². The molecular weight excluding hydrogens is 246 g/mol.